The highest BCUT2D eigenvalue weighted by molar-refractivity contribution is 6.33. The summed E-state index contributed by atoms with van der Waals surface area (Å²) in [6, 6.07) is 8.65. The fraction of sp³-hybridized carbons (Fsp3) is 0.143. The van der Waals surface area contributed by atoms with Crippen LogP contribution >= 0.6 is 11.6 Å². The number of benzene rings is 1. The Labute approximate surface area is 116 Å². The zero-order valence-electron chi connectivity index (χ0n) is 10.7. The van der Waals surface area contributed by atoms with Gasteiger partial charge < -0.3 is 11.1 Å². The number of halogens is 1. The number of nitrogens with zero attached hydrogens (tertiary/aromatic N) is 1. The van der Waals surface area contributed by atoms with Gasteiger partial charge >= 0.3 is 0 Å². The van der Waals surface area contributed by atoms with Crippen molar-refractivity contribution in [3.63, 3.8) is 0 Å². The maximum Gasteiger partial charge on any atom is 0.274 e. The van der Waals surface area contributed by atoms with Crippen LogP contribution < -0.4 is 11.1 Å². The lowest BCUT2D eigenvalue weighted by Crippen LogP contribution is -2.14. The predicted octanol–water partition coefficient (Wildman–Crippen LogP) is 3.19. The number of hydrogen-bond donors (Lipinski definition) is 2. The second-order valence-electron chi connectivity index (χ2n) is 4.31. The molecule has 0 spiro atoms. The Morgan fingerprint density at radius 3 is 2.74 bits per heavy atom. The van der Waals surface area contributed by atoms with Crippen LogP contribution in [0.3, 0.4) is 0 Å². The summed E-state index contributed by atoms with van der Waals surface area (Å²) in [5.41, 5.74) is 8.83. The van der Waals surface area contributed by atoms with Crippen LogP contribution in [0.25, 0.3) is 0 Å². The van der Waals surface area contributed by atoms with Gasteiger partial charge in [-0.2, -0.15) is 0 Å². The lowest BCUT2D eigenvalue weighted by atomic mass is 10.1. The molecule has 0 aliphatic carbocycles. The molecule has 19 heavy (non-hydrogen) atoms. The van der Waals surface area contributed by atoms with Gasteiger partial charge in [-0.3, -0.25) is 4.79 Å². The maximum atomic E-state index is 12.1. The number of pyridine rings is 1. The van der Waals surface area contributed by atoms with Crippen molar-refractivity contribution in [3.8, 4) is 0 Å². The second-order valence-corrected chi connectivity index (χ2v) is 4.71. The average molecular weight is 276 g/mol. The van der Waals surface area contributed by atoms with Crippen molar-refractivity contribution in [3.05, 3.63) is 52.3 Å². The Morgan fingerprint density at radius 2 is 2.05 bits per heavy atom. The first-order valence-corrected chi connectivity index (χ1v) is 6.16. The van der Waals surface area contributed by atoms with E-state index in [-0.39, 0.29) is 5.91 Å². The van der Waals surface area contributed by atoms with Crippen LogP contribution in [0.1, 0.15) is 21.7 Å². The SMILES string of the molecule is Cc1cccc(C(=O)Nc2cc(Cl)c(N)cc2C)n1. The zero-order chi connectivity index (χ0) is 14.0. The molecule has 0 radical (unpaired) electrons. The molecular weight excluding hydrogens is 262 g/mol. The molecule has 0 aliphatic heterocycles. The molecule has 1 amide bonds. The second kappa shape index (κ2) is 5.28. The Kier molecular flexibility index (Phi) is 3.71. The van der Waals surface area contributed by atoms with Gasteiger partial charge in [0.05, 0.1) is 10.7 Å². The van der Waals surface area contributed by atoms with Gasteiger partial charge in [0, 0.05) is 11.4 Å². The summed E-state index contributed by atoms with van der Waals surface area (Å²) in [6.45, 7) is 3.69. The third-order valence-corrected chi connectivity index (χ3v) is 3.04. The van der Waals surface area contributed by atoms with Crippen LogP contribution in [0.4, 0.5) is 11.4 Å². The fourth-order valence-corrected chi connectivity index (χ4v) is 1.86. The molecule has 4 nitrogen and oxygen atoms in total. The van der Waals surface area contributed by atoms with Crippen LogP contribution in [0.15, 0.2) is 30.3 Å². The highest BCUT2D eigenvalue weighted by Crippen LogP contribution is 2.26. The molecule has 1 heterocycles. The highest BCUT2D eigenvalue weighted by Gasteiger charge is 2.10. The van der Waals surface area contributed by atoms with Crippen molar-refractivity contribution in [2.75, 3.05) is 11.1 Å². The lowest BCUT2D eigenvalue weighted by Gasteiger charge is -2.10. The Morgan fingerprint density at radius 1 is 1.32 bits per heavy atom. The van der Waals surface area contributed by atoms with Crippen LogP contribution in [-0.2, 0) is 0 Å². The minimum Gasteiger partial charge on any atom is -0.398 e. The van der Waals surface area contributed by atoms with Crippen LogP contribution in [0.2, 0.25) is 5.02 Å². The van der Waals surface area contributed by atoms with Gasteiger partial charge in [0.1, 0.15) is 5.69 Å². The molecule has 5 heteroatoms. The van der Waals surface area contributed by atoms with Crippen molar-refractivity contribution in [2.24, 2.45) is 0 Å². The quantitative estimate of drug-likeness (QED) is 0.827. The number of carbonyl (C=O) groups excluding carboxylic acids is 1. The molecule has 0 saturated carbocycles. The number of aromatic nitrogens is 1. The Balaban J connectivity index is 2.27. The van der Waals surface area contributed by atoms with E-state index in [1.54, 1.807) is 24.3 Å². The third kappa shape index (κ3) is 3.03. The maximum absolute atomic E-state index is 12.1. The monoisotopic (exact) mass is 275 g/mol. The molecule has 0 bridgehead atoms. The lowest BCUT2D eigenvalue weighted by molar-refractivity contribution is 0.102. The van der Waals surface area contributed by atoms with E-state index in [0.717, 1.165) is 11.3 Å². The number of hydrogen-bond acceptors (Lipinski definition) is 3. The van der Waals surface area contributed by atoms with Crippen molar-refractivity contribution in [2.45, 2.75) is 13.8 Å². The fourth-order valence-electron chi connectivity index (χ4n) is 1.69. The van der Waals surface area contributed by atoms with Crippen molar-refractivity contribution >= 4 is 28.9 Å². The molecule has 0 aliphatic rings. The van der Waals surface area contributed by atoms with Crippen molar-refractivity contribution in [1.82, 2.24) is 4.98 Å². The Bertz CT molecular complexity index is 641. The Hall–Kier alpha value is -2.07. The molecule has 2 aromatic rings. The number of anilines is 2. The van der Waals surface area contributed by atoms with Gasteiger partial charge in [-0.15, -0.1) is 0 Å². The molecular formula is C14H14ClN3O. The summed E-state index contributed by atoms with van der Waals surface area (Å²) >= 11 is 5.95. The normalized spacial score (nSPS) is 10.3. The number of rotatable bonds is 2. The zero-order valence-corrected chi connectivity index (χ0v) is 11.5. The number of nitrogens with one attached hydrogen (secondary N) is 1. The van der Waals surface area contributed by atoms with Crippen molar-refractivity contribution < 1.29 is 4.79 Å². The summed E-state index contributed by atoms with van der Waals surface area (Å²) in [7, 11) is 0. The van der Waals surface area contributed by atoms with E-state index in [1.807, 2.05) is 19.9 Å². The number of carbonyl (C=O) groups is 1. The van der Waals surface area contributed by atoms with E-state index >= 15 is 0 Å². The van der Waals surface area contributed by atoms with Gasteiger partial charge in [0.25, 0.3) is 5.91 Å². The number of amides is 1. The number of aryl methyl sites for hydroxylation is 2. The van der Waals surface area contributed by atoms with E-state index in [0.29, 0.717) is 22.1 Å². The van der Waals surface area contributed by atoms with Gasteiger partial charge in [-0.25, -0.2) is 4.98 Å². The molecule has 0 unspecified atom stereocenters. The molecule has 3 N–H and O–H groups in total. The molecule has 2 rings (SSSR count). The summed E-state index contributed by atoms with van der Waals surface area (Å²) < 4.78 is 0. The van der Waals surface area contributed by atoms with Crippen LogP contribution in [-0.4, -0.2) is 10.9 Å². The van der Waals surface area contributed by atoms with Crippen molar-refractivity contribution in [1.29, 1.82) is 0 Å². The molecule has 0 atom stereocenters. The highest BCUT2D eigenvalue weighted by atomic mass is 35.5. The van der Waals surface area contributed by atoms with Gasteiger partial charge in [-0.1, -0.05) is 17.7 Å². The van der Waals surface area contributed by atoms with E-state index in [9.17, 15) is 4.79 Å². The predicted molar refractivity (Wildman–Crippen MR) is 77.5 cm³/mol. The largest absolute Gasteiger partial charge is 0.398 e. The minimum atomic E-state index is -0.271. The topological polar surface area (TPSA) is 68.0 Å². The summed E-state index contributed by atoms with van der Waals surface area (Å²) in [5, 5.41) is 3.20. The summed E-state index contributed by atoms with van der Waals surface area (Å²) in [5.74, 6) is -0.271. The third-order valence-electron chi connectivity index (χ3n) is 2.71. The van der Waals surface area contributed by atoms with Gasteiger partial charge in [0.2, 0.25) is 0 Å². The summed E-state index contributed by atoms with van der Waals surface area (Å²) in [6.07, 6.45) is 0. The van der Waals surface area contributed by atoms with E-state index < -0.39 is 0 Å². The number of nitrogen functional groups attached to an aromatic ring is 1. The summed E-state index contributed by atoms with van der Waals surface area (Å²) in [4.78, 5) is 16.2. The molecule has 0 fully saturated rings. The van der Waals surface area contributed by atoms with E-state index in [1.165, 1.54) is 0 Å². The van der Waals surface area contributed by atoms with Gasteiger partial charge in [0.15, 0.2) is 0 Å². The smallest absolute Gasteiger partial charge is 0.274 e. The van der Waals surface area contributed by atoms with E-state index in [4.69, 9.17) is 17.3 Å². The average Bonchev–Trinajstić information content (AvgIpc) is 2.36. The molecule has 1 aromatic heterocycles. The van der Waals surface area contributed by atoms with Gasteiger partial charge in [-0.05, 0) is 43.7 Å². The minimum absolute atomic E-state index is 0.271. The number of nitrogens with two attached hydrogens (primary N) is 1. The first-order chi connectivity index (χ1) is 8.97. The standard InChI is InChI=1S/C14H14ClN3O/c1-8-6-11(16)10(15)7-13(8)18-14(19)12-5-3-4-9(2)17-12/h3-7H,16H2,1-2H3,(H,18,19). The molecule has 1 aromatic carbocycles. The van der Waals surface area contributed by atoms with Crippen LogP contribution in [0.5, 0.6) is 0 Å². The van der Waals surface area contributed by atoms with E-state index in [2.05, 4.69) is 10.3 Å². The molecule has 98 valence electrons. The first-order valence-electron chi connectivity index (χ1n) is 5.78. The first kappa shape index (κ1) is 13.4. The van der Waals surface area contributed by atoms with Crippen LogP contribution in [0, 0.1) is 13.8 Å². The molecule has 0 saturated heterocycles.